The number of rotatable bonds is 8. The first-order valence-corrected chi connectivity index (χ1v) is 9.68. The lowest BCUT2D eigenvalue weighted by Gasteiger charge is -2.36. The van der Waals surface area contributed by atoms with Gasteiger partial charge in [-0.3, -0.25) is 0 Å². The monoisotopic (exact) mass is 289 g/mol. The molecule has 0 spiro atoms. The molecule has 1 fully saturated rings. The topological polar surface area (TPSA) is 12.0 Å². The minimum Gasteiger partial charge on any atom is -0.313 e. The van der Waals surface area contributed by atoms with Gasteiger partial charge in [0.05, 0.1) is 0 Å². The zero-order chi connectivity index (χ0) is 13.4. The van der Waals surface area contributed by atoms with Crippen molar-refractivity contribution >= 4 is 23.5 Å². The van der Waals surface area contributed by atoms with Crippen LogP contribution in [0.15, 0.2) is 0 Å². The summed E-state index contributed by atoms with van der Waals surface area (Å²) in [4.78, 5) is 0. The summed E-state index contributed by atoms with van der Waals surface area (Å²) in [5.74, 6) is 1.34. The highest BCUT2D eigenvalue weighted by Crippen LogP contribution is 2.37. The summed E-state index contributed by atoms with van der Waals surface area (Å²) in [6.07, 6.45) is 6.73. The summed E-state index contributed by atoms with van der Waals surface area (Å²) < 4.78 is 0. The zero-order valence-electron chi connectivity index (χ0n) is 12.6. The Kier molecular flexibility index (Phi) is 8.86. The number of nitrogens with one attached hydrogen (secondary N) is 1. The summed E-state index contributed by atoms with van der Waals surface area (Å²) in [5.41, 5.74) is 0. The third-order valence-electron chi connectivity index (χ3n) is 3.80. The van der Waals surface area contributed by atoms with Gasteiger partial charge in [0, 0.05) is 27.5 Å². The molecule has 0 radical (unpaired) electrons. The Bertz CT molecular complexity index is 211. The predicted octanol–water partition coefficient (Wildman–Crippen LogP) is 4.56. The van der Waals surface area contributed by atoms with E-state index < -0.39 is 0 Å². The summed E-state index contributed by atoms with van der Waals surface area (Å²) in [6, 6.07) is 0.740. The van der Waals surface area contributed by atoms with Crippen LogP contribution in [-0.4, -0.2) is 34.1 Å². The highest BCUT2D eigenvalue weighted by Gasteiger charge is 2.30. The third-order valence-corrected chi connectivity index (χ3v) is 7.35. The number of thioether (sulfide) groups is 2. The van der Waals surface area contributed by atoms with Gasteiger partial charge in [-0.2, -0.15) is 23.5 Å². The van der Waals surface area contributed by atoms with Crippen molar-refractivity contribution in [3.05, 3.63) is 0 Å². The van der Waals surface area contributed by atoms with Crippen LogP contribution in [0.3, 0.4) is 0 Å². The van der Waals surface area contributed by atoms with Gasteiger partial charge in [-0.15, -0.1) is 0 Å². The van der Waals surface area contributed by atoms with E-state index in [1.54, 1.807) is 0 Å². The normalized spacial score (nSPS) is 30.3. The van der Waals surface area contributed by atoms with Crippen molar-refractivity contribution in [1.29, 1.82) is 0 Å². The Morgan fingerprint density at radius 2 is 1.89 bits per heavy atom. The molecule has 0 aromatic heterocycles. The van der Waals surface area contributed by atoms with Crippen LogP contribution >= 0.6 is 23.5 Å². The Morgan fingerprint density at radius 3 is 2.50 bits per heavy atom. The molecular weight excluding hydrogens is 258 g/mol. The standard InChI is InChI=1S/C15H31NS2/c1-5-7-8-9-14(16-10-6-2)15-11-17-12(3)13(4)18-15/h12-16H,5-11H2,1-4H3. The fraction of sp³-hybridized carbons (Fsp3) is 1.00. The molecule has 0 bridgehead atoms. The second-order valence-corrected chi connectivity index (χ2v) is 8.51. The van der Waals surface area contributed by atoms with Crippen molar-refractivity contribution in [2.75, 3.05) is 12.3 Å². The Labute approximate surface area is 123 Å². The van der Waals surface area contributed by atoms with Gasteiger partial charge in [-0.25, -0.2) is 0 Å². The van der Waals surface area contributed by atoms with Crippen molar-refractivity contribution in [3.8, 4) is 0 Å². The van der Waals surface area contributed by atoms with Gasteiger partial charge >= 0.3 is 0 Å². The average molecular weight is 290 g/mol. The molecule has 1 heterocycles. The molecule has 0 aromatic rings. The molecule has 0 saturated carbocycles. The van der Waals surface area contributed by atoms with E-state index in [2.05, 4.69) is 56.5 Å². The predicted molar refractivity (Wildman–Crippen MR) is 89.0 cm³/mol. The van der Waals surface area contributed by atoms with Gasteiger partial charge in [-0.1, -0.05) is 47.0 Å². The highest BCUT2D eigenvalue weighted by molar-refractivity contribution is 8.07. The minimum atomic E-state index is 0.740. The van der Waals surface area contributed by atoms with E-state index in [1.165, 1.54) is 44.4 Å². The van der Waals surface area contributed by atoms with E-state index in [9.17, 15) is 0 Å². The van der Waals surface area contributed by atoms with Crippen molar-refractivity contribution in [1.82, 2.24) is 5.32 Å². The Morgan fingerprint density at radius 1 is 1.11 bits per heavy atom. The van der Waals surface area contributed by atoms with Crippen LogP contribution in [-0.2, 0) is 0 Å². The average Bonchev–Trinajstić information content (AvgIpc) is 2.37. The maximum absolute atomic E-state index is 3.80. The summed E-state index contributed by atoms with van der Waals surface area (Å²) in [6.45, 7) is 10.5. The lowest BCUT2D eigenvalue weighted by Crippen LogP contribution is -2.43. The van der Waals surface area contributed by atoms with E-state index in [-0.39, 0.29) is 0 Å². The van der Waals surface area contributed by atoms with Crippen LogP contribution in [0.5, 0.6) is 0 Å². The first-order chi connectivity index (χ1) is 8.69. The molecule has 1 aliphatic rings. The smallest absolute Gasteiger partial charge is 0.0294 e. The van der Waals surface area contributed by atoms with Crippen molar-refractivity contribution in [2.24, 2.45) is 0 Å². The molecule has 0 aliphatic carbocycles. The summed E-state index contributed by atoms with van der Waals surface area (Å²) in [7, 11) is 0. The molecule has 3 heteroatoms. The van der Waals surface area contributed by atoms with Crippen LogP contribution in [0.2, 0.25) is 0 Å². The van der Waals surface area contributed by atoms with E-state index >= 15 is 0 Å². The highest BCUT2D eigenvalue weighted by atomic mass is 32.2. The number of hydrogen-bond acceptors (Lipinski definition) is 3. The van der Waals surface area contributed by atoms with Crippen LogP contribution < -0.4 is 5.32 Å². The number of unbranched alkanes of at least 4 members (excludes halogenated alkanes) is 2. The van der Waals surface area contributed by atoms with Gasteiger partial charge in [0.2, 0.25) is 0 Å². The molecule has 1 saturated heterocycles. The Hall–Kier alpha value is 0.660. The van der Waals surface area contributed by atoms with E-state index in [0.717, 1.165) is 21.8 Å². The van der Waals surface area contributed by atoms with Crippen molar-refractivity contribution < 1.29 is 0 Å². The molecule has 1 rings (SSSR count). The molecule has 1 aliphatic heterocycles. The number of hydrogen-bond donors (Lipinski definition) is 1. The van der Waals surface area contributed by atoms with Crippen molar-refractivity contribution in [2.45, 2.75) is 81.6 Å². The van der Waals surface area contributed by atoms with Crippen LogP contribution in [0.1, 0.15) is 59.8 Å². The van der Waals surface area contributed by atoms with Gasteiger partial charge in [-0.05, 0) is 19.4 Å². The van der Waals surface area contributed by atoms with Gasteiger partial charge < -0.3 is 5.32 Å². The zero-order valence-corrected chi connectivity index (χ0v) is 14.2. The van der Waals surface area contributed by atoms with Gasteiger partial charge in [0.25, 0.3) is 0 Å². The summed E-state index contributed by atoms with van der Waals surface area (Å²) in [5, 5.41) is 6.26. The van der Waals surface area contributed by atoms with E-state index in [4.69, 9.17) is 0 Å². The first kappa shape index (κ1) is 16.7. The largest absolute Gasteiger partial charge is 0.313 e. The molecule has 4 atom stereocenters. The lowest BCUT2D eigenvalue weighted by atomic mass is 10.1. The molecule has 108 valence electrons. The third kappa shape index (κ3) is 5.75. The quantitative estimate of drug-likeness (QED) is 0.658. The fourth-order valence-electron chi connectivity index (χ4n) is 2.38. The second-order valence-electron chi connectivity index (χ2n) is 5.47. The molecule has 0 amide bonds. The molecule has 18 heavy (non-hydrogen) atoms. The van der Waals surface area contributed by atoms with Gasteiger partial charge in [0.1, 0.15) is 0 Å². The molecule has 4 unspecified atom stereocenters. The maximum Gasteiger partial charge on any atom is 0.0294 e. The van der Waals surface area contributed by atoms with Crippen LogP contribution in [0, 0.1) is 0 Å². The molecule has 1 nitrogen and oxygen atoms in total. The molecular formula is C15H31NS2. The van der Waals surface area contributed by atoms with Crippen molar-refractivity contribution in [3.63, 3.8) is 0 Å². The van der Waals surface area contributed by atoms with Crippen LogP contribution in [0.25, 0.3) is 0 Å². The fourth-order valence-corrected chi connectivity index (χ4v) is 5.55. The van der Waals surface area contributed by atoms with Gasteiger partial charge in [0.15, 0.2) is 0 Å². The van der Waals surface area contributed by atoms with E-state index in [0.29, 0.717) is 0 Å². The molecule has 0 aromatic carbocycles. The lowest BCUT2D eigenvalue weighted by molar-refractivity contribution is 0.456. The minimum absolute atomic E-state index is 0.740. The second kappa shape index (κ2) is 9.55. The Balaban J connectivity index is 2.42. The van der Waals surface area contributed by atoms with Crippen LogP contribution in [0.4, 0.5) is 0 Å². The molecule has 1 N–H and O–H groups in total. The SMILES string of the molecule is CCCCCC(NCCC)C1CSC(C)C(C)S1. The van der Waals surface area contributed by atoms with E-state index in [1.807, 2.05) is 0 Å². The maximum atomic E-state index is 3.80. The first-order valence-electron chi connectivity index (χ1n) is 7.69. The summed E-state index contributed by atoms with van der Waals surface area (Å²) >= 11 is 4.40.